The lowest BCUT2D eigenvalue weighted by Crippen LogP contribution is -2.51. The van der Waals surface area contributed by atoms with Crippen LogP contribution in [0, 0.1) is 16.7 Å². The summed E-state index contributed by atoms with van der Waals surface area (Å²) in [6.07, 6.45) is -1.63. The van der Waals surface area contributed by atoms with Gasteiger partial charge in [0.15, 0.2) is 0 Å². The zero-order valence-corrected chi connectivity index (χ0v) is 14.9. The topological polar surface area (TPSA) is 57.6 Å². The van der Waals surface area contributed by atoms with Crippen molar-refractivity contribution < 1.29 is 19.1 Å². The van der Waals surface area contributed by atoms with E-state index in [1.54, 1.807) is 20.8 Å². The maximum Gasteiger partial charge on any atom is 0.315 e. The zero-order valence-electron chi connectivity index (χ0n) is 14.9. The maximum absolute atomic E-state index is 15.2. The highest BCUT2D eigenvalue weighted by molar-refractivity contribution is 5.91. The molecule has 132 valence electrons. The number of likely N-dealkylation sites (tertiary alicyclic amines) is 1. The van der Waals surface area contributed by atoms with E-state index in [1.165, 1.54) is 11.8 Å². The summed E-state index contributed by atoms with van der Waals surface area (Å²) < 4.78 is 15.2. The molecule has 1 amide bonds. The van der Waals surface area contributed by atoms with Gasteiger partial charge in [0.1, 0.15) is 11.6 Å². The van der Waals surface area contributed by atoms with Gasteiger partial charge in [-0.1, -0.05) is 58.0 Å². The molecular formula is C19H26FNO3. The van der Waals surface area contributed by atoms with E-state index < -0.39 is 28.9 Å². The van der Waals surface area contributed by atoms with Crippen LogP contribution >= 0.6 is 0 Å². The van der Waals surface area contributed by atoms with Gasteiger partial charge in [-0.3, -0.25) is 9.59 Å². The number of carbonyl (C=O) groups excluding carboxylic acids is 1. The molecule has 5 heteroatoms. The molecule has 1 saturated heterocycles. The van der Waals surface area contributed by atoms with Crippen LogP contribution in [0.1, 0.15) is 46.2 Å². The van der Waals surface area contributed by atoms with Gasteiger partial charge in [0, 0.05) is 6.54 Å². The largest absolute Gasteiger partial charge is 0.481 e. The second-order valence-corrected chi connectivity index (χ2v) is 7.85. The first kappa shape index (κ1) is 18.4. The number of hydrogen-bond donors (Lipinski definition) is 1. The number of rotatable bonds is 4. The maximum atomic E-state index is 15.2. The Morgan fingerprint density at radius 3 is 2.33 bits per heavy atom. The Labute approximate surface area is 142 Å². The van der Waals surface area contributed by atoms with Crippen molar-refractivity contribution in [2.45, 2.75) is 46.8 Å². The molecule has 2 unspecified atom stereocenters. The monoisotopic (exact) mass is 335 g/mol. The summed E-state index contributed by atoms with van der Waals surface area (Å²) in [5.41, 5.74) is -1.68. The van der Waals surface area contributed by atoms with Gasteiger partial charge in [-0.15, -0.1) is 0 Å². The SMILES string of the molecule is CC1C(=O)N([C@H](C)c2ccccc2)C[C@]1(C(=O)O)C(F)C(C)(C)C. The van der Waals surface area contributed by atoms with E-state index in [4.69, 9.17) is 0 Å². The molecular weight excluding hydrogens is 309 g/mol. The molecule has 0 aliphatic carbocycles. The highest BCUT2D eigenvalue weighted by atomic mass is 19.1. The van der Waals surface area contributed by atoms with Crippen molar-refractivity contribution >= 4 is 11.9 Å². The number of alkyl halides is 1. The van der Waals surface area contributed by atoms with E-state index in [2.05, 4.69) is 0 Å². The van der Waals surface area contributed by atoms with Crippen LogP contribution in [0.5, 0.6) is 0 Å². The second-order valence-electron chi connectivity index (χ2n) is 7.85. The van der Waals surface area contributed by atoms with Crippen LogP contribution in [-0.4, -0.2) is 34.6 Å². The number of aliphatic carboxylic acids is 1. The van der Waals surface area contributed by atoms with Gasteiger partial charge >= 0.3 is 5.97 Å². The first-order valence-corrected chi connectivity index (χ1v) is 8.26. The molecule has 0 aromatic heterocycles. The molecule has 2 rings (SSSR count). The van der Waals surface area contributed by atoms with Crippen molar-refractivity contribution in [2.24, 2.45) is 16.7 Å². The average Bonchev–Trinajstić information content (AvgIpc) is 2.79. The molecule has 1 aliphatic heterocycles. The molecule has 0 spiro atoms. The van der Waals surface area contributed by atoms with Crippen molar-refractivity contribution in [3.05, 3.63) is 35.9 Å². The smallest absolute Gasteiger partial charge is 0.315 e. The van der Waals surface area contributed by atoms with Crippen molar-refractivity contribution in [3.8, 4) is 0 Å². The normalized spacial score (nSPS) is 27.2. The molecule has 0 radical (unpaired) electrons. The number of nitrogens with zero attached hydrogens (tertiary/aromatic N) is 1. The van der Waals surface area contributed by atoms with Crippen molar-refractivity contribution in [3.63, 3.8) is 0 Å². The van der Waals surface area contributed by atoms with Crippen LogP contribution in [0.4, 0.5) is 4.39 Å². The van der Waals surface area contributed by atoms with E-state index in [9.17, 15) is 14.7 Å². The van der Waals surface area contributed by atoms with Crippen LogP contribution in [0.3, 0.4) is 0 Å². The van der Waals surface area contributed by atoms with E-state index in [0.29, 0.717) is 0 Å². The molecule has 0 bridgehead atoms. The summed E-state index contributed by atoms with van der Waals surface area (Å²) in [5.74, 6) is -2.45. The minimum Gasteiger partial charge on any atom is -0.481 e. The van der Waals surface area contributed by atoms with Gasteiger partial charge in [0.25, 0.3) is 0 Å². The first-order valence-electron chi connectivity index (χ1n) is 8.26. The second kappa shape index (κ2) is 6.19. The van der Waals surface area contributed by atoms with Gasteiger partial charge in [0.05, 0.1) is 12.0 Å². The van der Waals surface area contributed by atoms with Crippen LogP contribution in [0.15, 0.2) is 30.3 Å². The summed E-state index contributed by atoms with van der Waals surface area (Å²) in [6, 6.07) is 9.10. The molecule has 4 nitrogen and oxygen atoms in total. The number of amides is 1. The Balaban J connectivity index is 2.43. The fourth-order valence-electron chi connectivity index (χ4n) is 3.64. The number of carboxylic acids is 1. The molecule has 1 aromatic rings. The molecule has 1 aromatic carbocycles. The first-order chi connectivity index (χ1) is 11.0. The zero-order chi connectivity index (χ0) is 18.3. The van der Waals surface area contributed by atoms with Crippen molar-refractivity contribution in [2.75, 3.05) is 6.54 Å². The van der Waals surface area contributed by atoms with Crippen LogP contribution in [0.2, 0.25) is 0 Å². The highest BCUT2D eigenvalue weighted by Crippen LogP contribution is 2.49. The number of hydrogen-bond acceptors (Lipinski definition) is 2. The quantitative estimate of drug-likeness (QED) is 0.913. The van der Waals surface area contributed by atoms with Gasteiger partial charge in [-0.25, -0.2) is 4.39 Å². The standard InChI is InChI=1S/C19H26FNO3/c1-12-15(22)21(13(2)14-9-7-6-8-10-14)11-19(12,17(23)24)16(20)18(3,4)5/h6-10,12-13,16H,11H2,1-5H3,(H,23,24)/t12?,13-,16?,19-/m1/s1. The molecule has 1 fully saturated rings. The molecule has 4 atom stereocenters. The Morgan fingerprint density at radius 1 is 1.33 bits per heavy atom. The number of benzene rings is 1. The summed E-state index contributed by atoms with van der Waals surface area (Å²) in [5, 5.41) is 9.84. The molecule has 24 heavy (non-hydrogen) atoms. The molecule has 1 heterocycles. The summed E-state index contributed by atoms with van der Waals surface area (Å²) >= 11 is 0. The van der Waals surface area contributed by atoms with Gasteiger partial charge in [0.2, 0.25) is 5.91 Å². The molecule has 1 N–H and O–H groups in total. The Kier molecular flexibility index (Phi) is 4.75. The Morgan fingerprint density at radius 2 is 1.88 bits per heavy atom. The lowest BCUT2D eigenvalue weighted by Gasteiger charge is -2.38. The summed E-state index contributed by atoms with van der Waals surface area (Å²) in [7, 11) is 0. The van der Waals surface area contributed by atoms with Gasteiger partial charge in [-0.05, 0) is 17.9 Å². The van der Waals surface area contributed by atoms with E-state index in [1.807, 2.05) is 37.3 Å². The van der Waals surface area contributed by atoms with Crippen LogP contribution in [0.25, 0.3) is 0 Å². The Hall–Kier alpha value is -1.91. The van der Waals surface area contributed by atoms with Gasteiger partial charge in [-0.2, -0.15) is 0 Å². The molecule has 1 aliphatic rings. The number of carbonyl (C=O) groups is 2. The number of halogens is 1. The lowest BCUT2D eigenvalue weighted by atomic mass is 9.67. The minimum atomic E-state index is -1.72. The Bertz CT molecular complexity index is 625. The summed E-state index contributed by atoms with van der Waals surface area (Å²) in [6.45, 7) is 8.28. The van der Waals surface area contributed by atoms with Crippen molar-refractivity contribution in [1.82, 2.24) is 4.90 Å². The predicted octanol–water partition coefficient (Wildman–Crippen LogP) is 3.68. The minimum absolute atomic E-state index is 0.114. The third-order valence-electron chi connectivity index (χ3n) is 5.22. The average molecular weight is 335 g/mol. The molecule has 0 saturated carbocycles. The fourth-order valence-corrected chi connectivity index (χ4v) is 3.64. The third-order valence-corrected chi connectivity index (χ3v) is 5.22. The summed E-state index contributed by atoms with van der Waals surface area (Å²) in [4.78, 5) is 26.3. The highest BCUT2D eigenvalue weighted by Gasteiger charge is 2.63. The van der Waals surface area contributed by atoms with Crippen LogP contribution < -0.4 is 0 Å². The van der Waals surface area contributed by atoms with Crippen molar-refractivity contribution in [1.29, 1.82) is 0 Å². The lowest BCUT2D eigenvalue weighted by molar-refractivity contribution is -0.160. The number of carboxylic acid groups (broad SMARTS) is 1. The predicted molar refractivity (Wildman–Crippen MR) is 90.2 cm³/mol. The van der Waals surface area contributed by atoms with E-state index in [0.717, 1.165) is 5.56 Å². The van der Waals surface area contributed by atoms with Crippen LogP contribution in [-0.2, 0) is 9.59 Å². The van der Waals surface area contributed by atoms with Gasteiger partial charge < -0.3 is 10.0 Å². The van der Waals surface area contributed by atoms with E-state index in [-0.39, 0.29) is 18.5 Å². The third kappa shape index (κ3) is 2.80. The fraction of sp³-hybridized carbons (Fsp3) is 0.579. The van der Waals surface area contributed by atoms with E-state index >= 15 is 4.39 Å².